The van der Waals surface area contributed by atoms with Crippen molar-refractivity contribution in [3.8, 4) is 5.75 Å². The predicted molar refractivity (Wildman–Crippen MR) is 140 cm³/mol. The molecule has 10 heteroatoms. The van der Waals surface area contributed by atoms with Crippen molar-refractivity contribution >= 4 is 57.7 Å². The SMILES string of the molecule is COc1ccc(CN2C(=O)C[C@H](C(=O)Nc3ccc(C(=O)O)cc3)SC2=Nc2ccc(Cl)cc2)cc1. The quantitative estimate of drug-likeness (QED) is 0.440. The molecule has 184 valence electrons. The molecule has 0 aliphatic carbocycles. The molecule has 1 atom stereocenters. The summed E-state index contributed by atoms with van der Waals surface area (Å²) in [6.45, 7) is 0.285. The number of amides is 2. The minimum absolute atomic E-state index is 0.0144. The molecule has 0 spiro atoms. The van der Waals surface area contributed by atoms with E-state index in [1.54, 1.807) is 36.3 Å². The Hall–Kier alpha value is -3.82. The number of methoxy groups -OCH3 is 1. The van der Waals surface area contributed by atoms with Gasteiger partial charge in [0.1, 0.15) is 11.0 Å². The normalized spacial score (nSPS) is 16.6. The number of carbonyl (C=O) groups excluding carboxylic acids is 2. The first kappa shape index (κ1) is 25.3. The van der Waals surface area contributed by atoms with E-state index >= 15 is 0 Å². The van der Waals surface area contributed by atoms with Gasteiger partial charge in [-0.2, -0.15) is 0 Å². The average molecular weight is 524 g/mol. The second kappa shape index (κ2) is 11.3. The lowest BCUT2D eigenvalue weighted by Gasteiger charge is -2.32. The minimum Gasteiger partial charge on any atom is -0.497 e. The van der Waals surface area contributed by atoms with Crippen LogP contribution in [0.5, 0.6) is 5.75 Å². The van der Waals surface area contributed by atoms with Crippen molar-refractivity contribution in [3.05, 3.63) is 88.9 Å². The van der Waals surface area contributed by atoms with Crippen LogP contribution in [0.4, 0.5) is 11.4 Å². The number of ether oxygens (including phenoxy) is 1. The highest BCUT2D eigenvalue weighted by molar-refractivity contribution is 8.15. The number of thioether (sulfide) groups is 1. The Balaban J connectivity index is 1.56. The number of aromatic carboxylic acids is 1. The van der Waals surface area contributed by atoms with Crippen molar-refractivity contribution in [2.75, 3.05) is 12.4 Å². The molecule has 1 fully saturated rings. The largest absolute Gasteiger partial charge is 0.497 e. The van der Waals surface area contributed by atoms with E-state index in [-0.39, 0.29) is 30.3 Å². The number of anilines is 1. The number of aliphatic imine (C=N–C) groups is 1. The van der Waals surface area contributed by atoms with E-state index in [0.29, 0.717) is 27.3 Å². The molecule has 1 heterocycles. The van der Waals surface area contributed by atoms with E-state index in [1.165, 1.54) is 36.0 Å². The first-order valence-electron chi connectivity index (χ1n) is 10.9. The van der Waals surface area contributed by atoms with Crippen molar-refractivity contribution in [1.82, 2.24) is 4.90 Å². The summed E-state index contributed by atoms with van der Waals surface area (Å²) in [5.41, 5.74) is 2.03. The second-order valence-electron chi connectivity index (χ2n) is 7.88. The van der Waals surface area contributed by atoms with Gasteiger partial charge in [0, 0.05) is 17.1 Å². The average Bonchev–Trinajstić information content (AvgIpc) is 2.88. The van der Waals surface area contributed by atoms with Gasteiger partial charge >= 0.3 is 5.97 Å². The van der Waals surface area contributed by atoms with Crippen molar-refractivity contribution in [2.45, 2.75) is 18.2 Å². The number of hydrogen-bond acceptors (Lipinski definition) is 6. The Labute approximate surface area is 216 Å². The number of carboxylic acid groups (broad SMARTS) is 1. The van der Waals surface area contributed by atoms with Crippen LogP contribution in [-0.2, 0) is 16.1 Å². The summed E-state index contributed by atoms with van der Waals surface area (Å²) in [4.78, 5) is 43.5. The zero-order valence-electron chi connectivity index (χ0n) is 19.2. The molecular weight excluding hydrogens is 502 g/mol. The van der Waals surface area contributed by atoms with Gasteiger partial charge in [0.15, 0.2) is 5.17 Å². The lowest BCUT2D eigenvalue weighted by atomic mass is 10.1. The molecule has 1 saturated heterocycles. The maximum absolute atomic E-state index is 13.2. The number of nitrogens with one attached hydrogen (secondary N) is 1. The molecular formula is C26H22ClN3O5S. The smallest absolute Gasteiger partial charge is 0.335 e. The molecule has 36 heavy (non-hydrogen) atoms. The first-order valence-corrected chi connectivity index (χ1v) is 12.2. The summed E-state index contributed by atoms with van der Waals surface area (Å²) in [7, 11) is 1.59. The number of halogens is 1. The standard InChI is InChI=1S/C26H22ClN3O5S/c1-35-21-12-2-16(3-13-21)15-30-23(31)14-22(36-26(30)29-20-10-6-18(27)7-11-20)24(32)28-19-8-4-17(5-9-19)25(33)34/h2-13,22H,14-15H2,1H3,(H,28,32)(H,33,34)/t22-/m1/s1. The number of amidine groups is 1. The van der Waals surface area contributed by atoms with Crippen LogP contribution in [0.3, 0.4) is 0 Å². The topological polar surface area (TPSA) is 108 Å². The highest BCUT2D eigenvalue weighted by Gasteiger charge is 2.36. The fourth-order valence-corrected chi connectivity index (χ4v) is 4.68. The third-order valence-electron chi connectivity index (χ3n) is 5.38. The maximum Gasteiger partial charge on any atom is 0.335 e. The lowest BCUT2D eigenvalue weighted by molar-refractivity contribution is -0.129. The molecule has 2 amide bonds. The van der Waals surface area contributed by atoms with E-state index < -0.39 is 11.2 Å². The van der Waals surface area contributed by atoms with Crippen molar-refractivity contribution in [3.63, 3.8) is 0 Å². The van der Waals surface area contributed by atoms with Crippen molar-refractivity contribution in [1.29, 1.82) is 0 Å². The van der Waals surface area contributed by atoms with Crippen LogP contribution in [0.15, 0.2) is 77.8 Å². The van der Waals surface area contributed by atoms with E-state index in [9.17, 15) is 14.4 Å². The van der Waals surface area contributed by atoms with Crippen molar-refractivity contribution < 1.29 is 24.2 Å². The highest BCUT2D eigenvalue weighted by atomic mass is 35.5. The first-order chi connectivity index (χ1) is 17.3. The molecule has 3 aromatic rings. The molecule has 0 saturated carbocycles. The summed E-state index contributed by atoms with van der Waals surface area (Å²) in [5.74, 6) is -0.953. The summed E-state index contributed by atoms with van der Waals surface area (Å²) < 4.78 is 5.20. The van der Waals surface area contributed by atoms with Gasteiger partial charge in [-0.3, -0.25) is 14.5 Å². The van der Waals surface area contributed by atoms with E-state index in [2.05, 4.69) is 10.3 Å². The van der Waals surface area contributed by atoms with Crippen LogP contribution in [0.2, 0.25) is 5.02 Å². The summed E-state index contributed by atoms with van der Waals surface area (Å²) in [5, 5.41) is 12.1. The van der Waals surface area contributed by atoms with Crippen molar-refractivity contribution in [2.24, 2.45) is 4.99 Å². The van der Waals surface area contributed by atoms with Gasteiger partial charge < -0.3 is 15.2 Å². The van der Waals surface area contributed by atoms with Gasteiger partial charge in [-0.15, -0.1) is 0 Å². The monoisotopic (exact) mass is 523 g/mol. The summed E-state index contributed by atoms with van der Waals surface area (Å²) in [6, 6.07) is 20.1. The fraction of sp³-hybridized carbons (Fsp3) is 0.154. The lowest BCUT2D eigenvalue weighted by Crippen LogP contribution is -2.44. The Morgan fingerprint density at radius 3 is 2.36 bits per heavy atom. The van der Waals surface area contributed by atoms with Gasteiger partial charge in [0.2, 0.25) is 11.8 Å². The van der Waals surface area contributed by atoms with E-state index in [0.717, 1.165) is 5.56 Å². The highest BCUT2D eigenvalue weighted by Crippen LogP contribution is 2.31. The molecule has 1 aliphatic heterocycles. The zero-order valence-corrected chi connectivity index (χ0v) is 20.8. The van der Waals surface area contributed by atoms with Crippen LogP contribution in [0, 0.1) is 0 Å². The number of carboxylic acids is 1. The van der Waals surface area contributed by atoms with Gasteiger partial charge in [0.05, 0.1) is 24.9 Å². The minimum atomic E-state index is -1.05. The number of hydrogen-bond donors (Lipinski definition) is 2. The molecule has 0 radical (unpaired) electrons. The number of benzene rings is 3. The number of nitrogens with zero attached hydrogens (tertiary/aromatic N) is 2. The summed E-state index contributed by atoms with van der Waals surface area (Å²) in [6.07, 6.45) is -0.0144. The fourth-order valence-electron chi connectivity index (χ4n) is 3.46. The Kier molecular flexibility index (Phi) is 7.92. The van der Waals surface area contributed by atoms with Crippen LogP contribution in [-0.4, -0.2) is 45.3 Å². The van der Waals surface area contributed by atoms with Gasteiger partial charge in [-0.25, -0.2) is 9.79 Å². The third-order valence-corrected chi connectivity index (χ3v) is 6.82. The Morgan fingerprint density at radius 2 is 1.75 bits per heavy atom. The molecule has 4 rings (SSSR count). The van der Waals surface area contributed by atoms with Gasteiger partial charge in [-0.05, 0) is 66.2 Å². The Morgan fingerprint density at radius 1 is 1.08 bits per heavy atom. The van der Waals surface area contributed by atoms with Crippen LogP contribution >= 0.6 is 23.4 Å². The van der Waals surface area contributed by atoms with Crippen LogP contribution in [0.25, 0.3) is 0 Å². The molecule has 0 bridgehead atoms. The van der Waals surface area contributed by atoms with E-state index in [4.69, 9.17) is 21.4 Å². The van der Waals surface area contributed by atoms with Gasteiger partial charge in [-0.1, -0.05) is 35.5 Å². The summed E-state index contributed by atoms with van der Waals surface area (Å²) >= 11 is 7.19. The second-order valence-corrected chi connectivity index (χ2v) is 9.49. The maximum atomic E-state index is 13.2. The number of rotatable bonds is 7. The van der Waals surface area contributed by atoms with Gasteiger partial charge in [0.25, 0.3) is 0 Å². The van der Waals surface area contributed by atoms with E-state index in [1.807, 2.05) is 24.3 Å². The molecule has 1 aliphatic rings. The van der Waals surface area contributed by atoms with Crippen LogP contribution < -0.4 is 10.1 Å². The van der Waals surface area contributed by atoms with Crippen LogP contribution in [0.1, 0.15) is 22.3 Å². The third kappa shape index (κ3) is 6.24. The predicted octanol–water partition coefficient (Wildman–Crippen LogP) is 5.21. The molecule has 0 unspecified atom stereocenters. The Bertz CT molecular complexity index is 1290. The molecule has 0 aromatic heterocycles. The molecule has 2 N–H and O–H groups in total. The number of carbonyl (C=O) groups is 3. The zero-order chi connectivity index (χ0) is 25.7. The molecule has 8 nitrogen and oxygen atoms in total. The molecule has 3 aromatic carbocycles.